The molecule has 2 aliphatic rings. The molecule has 1 unspecified atom stereocenters. The summed E-state index contributed by atoms with van der Waals surface area (Å²) < 4.78 is 5.41. The fourth-order valence-electron chi connectivity index (χ4n) is 3.47. The van der Waals surface area contributed by atoms with Crippen molar-refractivity contribution in [1.82, 2.24) is 5.32 Å². The van der Waals surface area contributed by atoms with Crippen LogP contribution in [-0.2, 0) is 15.1 Å². The Morgan fingerprint density at radius 3 is 2.31 bits per heavy atom. The number of thiocarbonyl (C=S) groups is 1. The molecule has 6 heteroatoms. The molecule has 1 atom stereocenters. The van der Waals surface area contributed by atoms with Crippen molar-refractivity contribution in [3.63, 3.8) is 0 Å². The zero-order chi connectivity index (χ0) is 18.1. The summed E-state index contributed by atoms with van der Waals surface area (Å²) in [6.45, 7) is 5.16. The molecule has 2 heterocycles. The maximum atomic E-state index is 13.2. The lowest BCUT2D eigenvalue weighted by Gasteiger charge is -2.29. The van der Waals surface area contributed by atoms with Crippen LogP contribution in [0, 0.1) is 0 Å². The molecule has 1 amide bonds. The van der Waals surface area contributed by atoms with Crippen molar-refractivity contribution in [2.45, 2.75) is 12.5 Å². The van der Waals surface area contributed by atoms with Crippen LogP contribution < -0.4 is 15.1 Å². The van der Waals surface area contributed by atoms with E-state index in [9.17, 15) is 4.79 Å². The number of benzene rings is 2. The number of hydrogen-bond acceptors (Lipinski definition) is 4. The molecule has 26 heavy (non-hydrogen) atoms. The first kappa shape index (κ1) is 17.0. The van der Waals surface area contributed by atoms with E-state index in [0.29, 0.717) is 5.11 Å². The second kappa shape index (κ2) is 6.70. The molecule has 0 bridgehead atoms. The molecule has 0 spiro atoms. The largest absolute Gasteiger partial charge is 0.378 e. The SMILES string of the molecule is CC1(c2ccc(N3CCOCC3)cc2)NC(=S)N(c2ccccc2)C1=O. The quantitative estimate of drug-likeness (QED) is 0.845. The highest BCUT2D eigenvalue weighted by molar-refractivity contribution is 7.80. The third-order valence-electron chi connectivity index (χ3n) is 5.03. The van der Waals surface area contributed by atoms with Gasteiger partial charge in [0, 0.05) is 18.8 Å². The fourth-order valence-corrected chi connectivity index (χ4v) is 3.87. The second-order valence-electron chi connectivity index (χ2n) is 6.68. The van der Waals surface area contributed by atoms with Crippen molar-refractivity contribution in [3.05, 3.63) is 60.2 Å². The topological polar surface area (TPSA) is 44.8 Å². The standard InChI is InChI=1S/C20H21N3O2S/c1-20(15-7-9-16(10-8-15)22-11-13-25-14-12-22)18(24)23(19(26)21-20)17-5-3-2-4-6-17/h2-10H,11-14H2,1H3,(H,21,26). The maximum Gasteiger partial charge on any atom is 0.263 e. The minimum absolute atomic E-state index is 0.0622. The van der Waals surface area contributed by atoms with Gasteiger partial charge in [-0.1, -0.05) is 30.3 Å². The molecule has 2 aromatic carbocycles. The lowest BCUT2D eigenvalue weighted by atomic mass is 9.91. The Bertz CT molecular complexity index is 819. The molecular formula is C20H21N3O2S. The average Bonchev–Trinajstić information content (AvgIpc) is 2.93. The summed E-state index contributed by atoms with van der Waals surface area (Å²) in [5.74, 6) is -0.0622. The number of carbonyl (C=O) groups excluding carboxylic acids is 1. The normalized spacial score (nSPS) is 23.3. The third kappa shape index (κ3) is 2.85. The van der Waals surface area contributed by atoms with E-state index < -0.39 is 5.54 Å². The highest BCUT2D eigenvalue weighted by Crippen LogP contribution is 2.33. The number of carbonyl (C=O) groups is 1. The number of rotatable bonds is 3. The lowest BCUT2D eigenvalue weighted by molar-refractivity contribution is -0.121. The number of ether oxygens (including phenoxy) is 1. The summed E-state index contributed by atoms with van der Waals surface area (Å²) in [6, 6.07) is 17.6. The highest BCUT2D eigenvalue weighted by Gasteiger charge is 2.47. The number of morpholine rings is 1. The number of nitrogens with one attached hydrogen (secondary N) is 1. The molecule has 2 fully saturated rings. The van der Waals surface area contributed by atoms with Crippen LogP contribution in [-0.4, -0.2) is 37.3 Å². The molecule has 2 saturated heterocycles. The molecule has 0 aliphatic carbocycles. The van der Waals surface area contributed by atoms with E-state index in [1.54, 1.807) is 4.90 Å². The van der Waals surface area contributed by atoms with Crippen molar-refractivity contribution in [1.29, 1.82) is 0 Å². The molecule has 2 aliphatic heterocycles. The van der Waals surface area contributed by atoms with Gasteiger partial charge in [0.05, 0.1) is 18.9 Å². The Hall–Kier alpha value is -2.44. The van der Waals surface area contributed by atoms with E-state index in [-0.39, 0.29) is 5.91 Å². The van der Waals surface area contributed by atoms with E-state index in [4.69, 9.17) is 17.0 Å². The summed E-state index contributed by atoms with van der Waals surface area (Å²) in [5.41, 5.74) is 1.97. The van der Waals surface area contributed by atoms with E-state index >= 15 is 0 Å². The van der Waals surface area contributed by atoms with Crippen molar-refractivity contribution < 1.29 is 9.53 Å². The Morgan fingerprint density at radius 2 is 1.65 bits per heavy atom. The van der Waals surface area contributed by atoms with Gasteiger partial charge in [-0.05, 0) is 49.0 Å². The fraction of sp³-hybridized carbons (Fsp3) is 0.300. The van der Waals surface area contributed by atoms with Crippen LogP contribution in [0.25, 0.3) is 0 Å². The van der Waals surface area contributed by atoms with Gasteiger partial charge in [0.2, 0.25) is 0 Å². The Labute approximate surface area is 158 Å². The summed E-state index contributed by atoms with van der Waals surface area (Å²) in [6.07, 6.45) is 0. The third-order valence-corrected chi connectivity index (χ3v) is 5.31. The maximum absolute atomic E-state index is 13.2. The molecule has 4 rings (SSSR count). The van der Waals surface area contributed by atoms with Crippen molar-refractivity contribution in [2.24, 2.45) is 0 Å². The molecule has 0 aromatic heterocycles. The van der Waals surface area contributed by atoms with Gasteiger partial charge in [-0.25, -0.2) is 0 Å². The molecular weight excluding hydrogens is 346 g/mol. The predicted molar refractivity (Wildman–Crippen MR) is 106 cm³/mol. The predicted octanol–water partition coefficient (Wildman–Crippen LogP) is 2.66. The molecule has 0 radical (unpaired) electrons. The van der Waals surface area contributed by atoms with Crippen LogP contribution in [0.5, 0.6) is 0 Å². The van der Waals surface area contributed by atoms with Crippen molar-refractivity contribution in [3.8, 4) is 0 Å². The Balaban J connectivity index is 1.60. The molecule has 134 valence electrons. The van der Waals surface area contributed by atoms with Gasteiger partial charge in [0.25, 0.3) is 5.91 Å². The first-order chi connectivity index (χ1) is 12.6. The number of anilines is 2. The first-order valence-electron chi connectivity index (χ1n) is 8.74. The summed E-state index contributed by atoms with van der Waals surface area (Å²) >= 11 is 5.45. The molecule has 2 aromatic rings. The van der Waals surface area contributed by atoms with Crippen molar-refractivity contribution in [2.75, 3.05) is 36.1 Å². The van der Waals surface area contributed by atoms with Crippen LogP contribution >= 0.6 is 12.2 Å². The van der Waals surface area contributed by atoms with E-state index in [1.807, 2.05) is 49.4 Å². The summed E-state index contributed by atoms with van der Waals surface area (Å²) in [7, 11) is 0. The Kier molecular flexibility index (Phi) is 4.38. The minimum Gasteiger partial charge on any atom is -0.378 e. The zero-order valence-electron chi connectivity index (χ0n) is 14.6. The number of nitrogens with zero attached hydrogens (tertiary/aromatic N) is 2. The number of amides is 1. The number of para-hydroxylation sites is 1. The van der Waals surface area contributed by atoms with Crippen LogP contribution in [0.1, 0.15) is 12.5 Å². The van der Waals surface area contributed by atoms with Gasteiger partial charge in [0.1, 0.15) is 5.54 Å². The van der Waals surface area contributed by atoms with Gasteiger partial charge in [-0.2, -0.15) is 0 Å². The van der Waals surface area contributed by atoms with Crippen LogP contribution in [0.3, 0.4) is 0 Å². The van der Waals surface area contributed by atoms with E-state index in [1.165, 1.54) is 0 Å². The van der Waals surface area contributed by atoms with Gasteiger partial charge in [0.15, 0.2) is 5.11 Å². The average molecular weight is 367 g/mol. The highest BCUT2D eigenvalue weighted by atomic mass is 32.1. The molecule has 5 nitrogen and oxygen atoms in total. The van der Waals surface area contributed by atoms with Gasteiger partial charge in [-0.3, -0.25) is 9.69 Å². The van der Waals surface area contributed by atoms with Crippen LogP contribution in [0.2, 0.25) is 0 Å². The van der Waals surface area contributed by atoms with E-state index in [0.717, 1.165) is 43.2 Å². The van der Waals surface area contributed by atoms with E-state index in [2.05, 4.69) is 22.3 Å². The van der Waals surface area contributed by atoms with Gasteiger partial charge < -0.3 is 15.0 Å². The van der Waals surface area contributed by atoms with Crippen molar-refractivity contribution >= 4 is 34.6 Å². The lowest BCUT2D eigenvalue weighted by Crippen LogP contribution is -2.41. The molecule has 1 N–H and O–H groups in total. The smallest absolute Gasteiger partial charge is 0.263 e. The second-order valence-corrected chi connectivity index (χ2v) is 7.06. The molecule has 0 saturated carbocycles. The van der Waals surface area contributed by atoms with Crippen LogP contribution in [0.4, 0.5) is 11.4 Å². The summed E-state index contributed by atoms with van der Waals surface area (Å²) in [5, 5.41) is 3.65. The van der Waals surface area contributed by atoms with Gasteiger partial charge >= 0.3 is 0 Å². The van der Waals surface area contributed by atoms with Crippen LogP contribution in [0.15, 0.2) is 54.6 Å². The Morgan fingerprint density at radius 1 is 1.00 bits per heavy atom. The minimum atomic E-state index is -0.865. The number of hydrogen-bond donors (Lipinski definition) is 1. The summed E-state index contributed by atoms with van der Waals surface area (Å²) in [4.78, 5) is 17.0. The monoisotopic (exact) mass is 367 g/mol. The zero-order valence-corrected chi connectivity index (χ0v) is 15.5. The first-order valence-corrected chi connectivity index (χ1v) is 9.15. The van der Waals surface area contributed by atoms with Gasteiger partial charge in [-0.15, -0.1) is 0 Å².